The number of hydrogen-bond donors (Lipinski definition) is 2. The van der Waals surface area contributed by atoms with Crippen molar-refractivity contribution in [3.8, 4) is 34.6 Å². The van der Waals surface area contributed by atoms with Gasteiger partial charge in [-0.25, -0.2) is 0 Å². The lowest BCUT2D eigenvalue weighted by Crippen LogP contribution is -2.09. The van der Waals surface area contributed by atoms with Crippen LogP contribution in [0.5, 0.6) is 0 Å². The van der Waals surface area contributed by atoms with Gasteiger partial charge < -0.3 is 19.1 Å². The fourth-order valence-corrected chi connectivity index (χ4v) is 9.65. The summed E-state index contributed by atoms with van der Waals surface area (Å²) >= 11 is 0. The van der Waals surface area contributed by atoms with Gasteiger partial charge in [0, 0.05) is 65.2 Å². The third-order valence-electron chi connectivity index (χ3n) is 12.1. The second kappa shape index (κ2) is 12.1. The lowest BCUT2D eigenvalue weighted by Gasteiger charge is -2.20. The van der Waals surface area contributed by atoms with Crippen molar-refractivity contribution < 1.29 is 13.2 Å². The molecule has 0 radical (unpaired) electrons. The van der Waals surface area contributed by atoms with E-state index in [9.17, 15) is 10.5 Å². The van der Waals surface area contributed by atoms with Crippen molar-refractivity contribution in [2.24, 2.45) is 0 Å². The molecule has 0 bridgehead atoms. The highest BCUT2D eigenvalue weighted by molar-refractivity contribution is 6.29. The molecule has 0 aliphatic heterocycles. The number of benzene rings is 8. The summed E-state index contributed by atoms with van der Waals surface area (Å²) in [5.74, 6) is 0. The summed E-state index contributed by atoms with van der Waals surface area (Å²) in [6, 6.07) is 51.6. The fraction of sp³-hybridized carbons (Fsp3) is 0.0196. The summed E-state index contributed by atoms with van der Waals surface area (Å²) in [5, 5.41) is 29.1. The maximum absolute atomic E-state index is 15.1. The molecule has 0 aliphatic rings. The summed E-state index contributed by atoms with van der Waals surface area (Å²) < 4.78 is 49.3. The number of alkyl halides is 3. The topological polar surface area (TPSA) is 89.0 Å². The van der Waals surface area contributed by atoms with Crippen LogP contribution in [-0.4, -0.2) is 19.1 Å². The molecule has 0 saturated heterocycles. The Morgan fingerprint density at radius 2 is 0.933 bits per heavy atom. The minimum Gasteiger partial charge on any atom is -0.354 e. The largest absolute Gasteiger partial charge is 0.417 e. The van der Waals surface area contributed by atoms with Crippen molar-refractivity contribution in [2.45, 2.75) is 6.18 Å². The molecule has 8 aromatic carbocycles. The van der Waals surface area contributed by atoms with E-state index in [-0.39, 0.29) is 22.3 Å². The quantitative estimate of drug-likeness (QED) is 0.187. The molecule has 12 rings (SSSR count). The van der Waals surface area contributed by atoms with Gasteiger partial charge in [0.2, 0.25) is 0 Å². The van der Waals surface area contributed by atoms with Gasteiger partial charge in [-0.15, -0.1) is 0 Å². The highest BCUT2D eigenvalue weighted by Crippen LogP contribution is 2.46. The number of nitrogens with one attached hydrogen (secondary N) is 2. The van der Waals surface area contributed by atoms with Crippen LogP contribution >= 0.6 is 0 Å². The summed E-state index contributed by atoms with van der Waals surface area (Å²) in [5.41, 5.74) is 7.27. The summed E-state index contributed by atoms with van der Waals surface area (Å²) in [7, 11) is 0. The van der Waals surface area contributed by atoms with Crippen molar-refractivity contribution in [3.05, 3.63) is 168 Å². The minimum atomic E-state index is -4.78. The van der Waals surface area contributed by atoms with Crippen molar-refractivity contribution in [3.63, 3.8) is 0 Å². The van der Waals surface area contributed by atoms with Crippen LogP contribution in [0.25, 0.3) is 110 Å². The van der Waals surface area contributed by atoms with E-state index < -0.39 is 11.7 Å². The zero-order chi connectivity index (χ0) is 40.4. The number of hydrogen-bond acceptors (Lipinski definition) is 2. The maximum Gasteiger partial charge on any atom is 0.417 e. The third kappa shape index (κ3) is 4.57. The molecule has 0 aliphatic carbocycles. The Kier molecular flexibility index (Phi) is 6.84. The zero-order valence-electron chi connectivity index (χ0n) is 31.4. The molecule has 9 heteroatoms. The van der Waals surface area contributed by atoms with E-state index in [1.807, 2.05) is 124 Å². The number of halogens is 3. The lowest BCUT2D eigenvalue weighted by molar-refractivity contribution is -0.137. The van der Waals surface area contributed by atoms with Gasteiger partial charge in [0.1, 0.15) is 11.6 Å². The second-order valence-electron chi connectivity index (χ2n) is 15.2. The molecule has 0 atom stereocenters. The molecule has 282 valence electrons. The van der Waals surface area contributed by atoms with Crippen molar-refractivity contribution in [2.75, 3.05) is 0 Å². The van der Waals surface area contributed by atoms with Gasteiger partial charge in [0.25, 0.3) is 0 Å². The Balaban J connectivity index is 1.28. The highest BCUT2D eigenvalue weighted by atomic mass is 19.4. The molecule has 60 heavy (non-hydrogen) atoms. The third-order valence-corrected chi connectivity index (χ3v) is 12.1. The van der Waals surface area contributed by atoms with E-state index in [2.05, 4.69) is 28.2 Å². The van der Waals surface area contributed by atoms with Gasteiger partial charge in [-0.1, -0.05) is 78.9 Å². The number of aromatic amines is 2. The van der Waals surface area contributed by atoms with Crippen LogP contribution < -0.4 is 0 Å². The first kappa shape index (κ1) is 33.8. The van der Waals surface area contributed by atoms with E-state index in [1.165, 1.54) is 12.1 Å². The van der Waals surface area contributed by atoms with E-state index in [0.717, 1.165) is 93.3 Å². The maximum atomic E-state index is 15.1. The number of fused-ring (bicyclic) bond motifs is 14. The van der Waals surface area contributed by atoms with Crippen LogP contribution in [0.3, 0.4) is 0 Å². The Labute approximate surface area is 338 Å². The summed E-state index contributed by atoms with van der Waals surface area (Å²) in [4.78, 5) is 7.11. The first-order valence-corrected chi connectivity index (χ1v) is 19.4. The monoisotopic (exact) mass is 780 g/mol. The normalized spacial score (nSPS) is 12.2. The molecule has 0 amide bonds. The number of para-hydroxylation sites is 4. The summed E-state index contributed by atoms with van der Waals surface area (Å²) in [6.45, 7) is 0. The molecule has 4 aromatic heterocycles. The molecule has 2 N–H and O–H groups in total. The number of nitriles is 2. The van der Waals surface area contributed by atoms with Gasteiger partial charge in [0.05, 0.1) is 50.6 Å². The average molecular weight is 781 g/mol. The molecule has 6 nitrogen and oxygen atoms in total. The smallest absolute Gasteiger partial charge is 0.354 e. The van der Waals surface area contributed by atoms with Gasteiger partial charge in [-0.2, -0.15) is 23.7 Å². The van der Waals surface area contributed by atoms with E-state index >= 15 is 13.2 Å². The molecule has 0 spiro atoms. The average Bonchev–Trinajstić information content (AvgIpc) is 4.02. The lowest BCUT2D eigenvalue weighted by atomic mass is 9.94. The number of H-pyrrole nitrogens is 2. The molecular formula is C51H27F3N6. The van der Waals surface area contributed by atoms with Crippen LogP contribution in [0.15, 0.2) is 152 Å². The van der Waals surface area contributed by atoms with Crippen LogP contribution in [-0.2, 0) is 6.18 Å². The van der Waals surface area contributed by atoms with Gasteiger partial charge >= 0.3 is 6.18 Å². The number of aromatic nitrogens is 4. The van der Waals surface area contributed by atoms with E-state index in [1.54, 1.807) is 12.1 Å². The molecular weight excluding hydrogens is 754 g/mol. The van der Waals surface area contributed by atoms with Crippen molar-refractivity contribution in [1.82, 2.24) is 19.1 Å². The summed E-state index contributed by atoms with van der Waals surface area (Å²) in [6.07, 6.45) is -4.78. The first-order chi connectivity index (χ1) is 29.3. The van der Waals surface area contributed by atoms with E-state index in [4.69, 9.17) is 0 Å². The van der Waals surface area contributed by atoms with Crippen LogP contribution in [0.2, 0.25) is 0 Å². The SMILES string of the molecule is N#Cc1ccc(-c2cc(-n3c4ccccc4c4c5c(ccc43)[nH]c3ccccc35)c(C#N)c(-n3c4ccccc4c4c5c(ccc43)[nH]c3ccccc35)c2)c(C(F)(F)F)c1. The van der Waals surface area contributed by atoms with Crippen molar-refractivity contribution in [1.29, 1.82) is 10.5 Å². The standard InChI is InChI=1S/C51H27F3N6/c52-51(53,54)36-23-28(26-55)17-18-30(36)29-24-45(59-41-15-7-3-11-33(41)49-43(59)21-19-39-47(49)31-9-1-5-13-37(31)57-39)35(27-56)46(25-29)60-42-16-8-4-12-34(42)50-44(60)22-20-40-48(50)32-10-2-6-14-38(32)58-40/h1-25,57-58H. The Bertz CT molecular complexity index is 3710. The molecule has 0 fully saturated rings. The van der Waals surface area contributed by atoms with Gasteiger partial charge in [-0.3, -0.25) is 0 Å². The predicted octanol–water partition coefficient (Wildman–Crippen LogP) is 13.6. The molecule has 4 heterocycles. The number of nitrogens with zero attached hydrogens (tertiary/aromatic N) is 4. The molecule has 0 unspecified atom stereocenters. The predicted molar refractivity (Wildman–Crippen MR) is 234 cm³/mol. The van der Waals surface area contributed by atoms with Gasteiger partial charge in [-0.05, 0) is 83.9 Å². The Morgan fingerprint density at radius 1 is 0.450 bits per heavy atom. The van der Waals surface area contributed by atoms with Crippen LogP contribution in [0.1, 0.15) is 16.7 Å². The highest BCUT2D eigenvalue weighted by Gasteiger charge is 2.35. The molecule has 0 saturated carbocycles. The van der Waals surface area contributed by atoms with E-state index in [0.29, 0.717) is 11.4 Å². The van der Waals surface area contributed by atoms with Crippen LogP contribution in [0, 0.1) is 22.7 Å². The Morgan fingerprint density at radius 3 is 1.42 bits per heavy atom. The Hall–Kier alpha value is -8.27. The molecule has 12 aromatic rings. The van der Waals surface area contributed by atoms with Crippen molar-refractivity contribution >= 4 is 87.2 Å². The number of rotatable bonds is 3. The second-order valence-corrected chi connectivity index (χ2v) is 15.2. The fourth-order valence-electron chi connectivity index (χ4n) is 9.65. The van der Waals surface area contributed by atoms with Gasteiger partial charge in [0.15, 0.2) is 0 Å². The minimum absolute atomic E-state index is 0.101. The first-order valence-electron chi connectivity index (χ1n) is 19.4. The zero-order valence-corrected chi connectivity index (χ0v) is 31.4. The van der Waals surface area contributed by atoms with Crippen LogP contribution in [0.4, 0.5) is 13.2 Å².